The first-order valence-electron chi connectivity index (χ1n) is 9.21. The number of imidazole rings is 1. The minimum absolute atomic E-state index is 0.0108. The van der Waals surface area contributed by atoms with Crippen molar-refractivity contribution >= 4 is 21.4 Å². The molecule has 0 bridgehead atoms. The molecule has 1 saturated carbocycles. The van der Waals surface area contributed by atoms with Gasteiger partial charge >= 0.3 is 0 Å². The number of hydrogen-bond acceptors (Lipinski definition) is 4. The number of benzene rings is 1. The van der Waals surface area contributed by atoms with Crippen LogP contribution in [0, 0.1) is 30.0 Å². The molecule has 1 aliphatic carbocycles. The molecule has 2 aromatic rings. The first kappa shape index (κ1) is 21.3. The Morgan fingerprint density at radius 3 is 2.57 bits per heavy atom. The van der Waals surface area contributed by atoms with Gasteiger partial charge in [-0.3, -0.25) is 0 Å². The lowest BCUT2D eigenvalue weighted by atomic mass is 9.89. The highest BCUT2D eigenvalue weighted by atomic mass is 35.5. The number of aryl methyl sites for hydroxylation is 1. The highest BCUT2D eigenvalue weighted by molar-refractivity contribution is 7.90. The van der Waals surface area contributed by atoms with E-state index in [9.17, 15) is 12.8 Å². The van der Waals surface area contributed by atoms with Crippen molar-refractivity contribution in [2.24, 2.45) is 17.3 Å². The number of sulfone groups is 1. The molecule has 3 unspecified atom stereocenters. The van der Waals surface area contributed by atoms with Gasteiger partial charge < -0.3 is 9.72 Å². The topological polar surface area (TPSA) is 72.0 Å². The van der Waals surface area contributed by atoms with Gasteiger partial charge in [0.2, 0.25) is 0 Å². The summed E-state index contributed by atoms with van der Waals surface area (Å²) >= 11 is 5.96. The number of ether oxygens (including phenoxy) is 1. The molecule has 5 nitrogen and oxygen atoms in total. The van der Waals surface area contributed by atoms with E-state index in [2.05, 4.69) is 30.7 Å². The lowest BCUT2D eigenvalue weighted by Gasteiger charge is -2.20. The fourth-order valence-electron chi connectivity index (χ4n) is 3.67. The quantitative estimate of drug-likeness (QED) is 0.723. The maximum atomic E-state index is 13.6. The Bertz CT molecular complexity index is 982. The summed E-state index contributed by atoms with van der Waals surface area (Å²) in [7, 11) is -3.47. The monoisotopic (exact) mass is 428 g/mol. The average Bonchev–Trinajstić information content (AvgIpc) is 3.25. The largest absolute Gasteiger partial charge is 0.365 e. The SMILES string of the molecule is Cc1[nH]c(C(OCC2CC2C(C)(C)C)c2ccc(F)c(Cl)c2)nc1S(C)(=O)=O. The molecule has 1 N–H and O–H groups in total. The molecule has 1 aromatic heterocycles. The second-order valence-electron chi connectivity index (χ2n) is 8.68. The lowest BCUT2D eigenvalue weighted by Crippen LogP contribution is -2.14. The summed E-state index contributed by atoms with van der Waals surface area (Å²) < 4.78 is 43.7. The number of halogens is 2. The van der Waals surface area contributed by atoms with Gasteiger partial charge in [-0.05, 0) is 48.3 Å². The first-order valence-corrected chi connectivity index (χ1v) is 11.5. The molecule has 3 rings (SSSR count). The van der Waals surface area contributed by atoms with Crippen LogP contribution in [0.15, 0.2) is 23.2 Å². The van der Waals surface area contributed by atoms with E-state index in [4.69, 9.17) is 16.3 Å². The standard InChI is InChI=1S/C20H26ClFN2O3S/c1-11-19(28(5,25)26)24-18(23-11)17(12-6-7-16(22)15(21)9-12)27-10-13-8-14(13)20(2,3)4/h6-7,9,13-14,17H,8,10H2,1-5H3,(H,23,24). The molecule has 1 aliphatic rings. The molecular weight excluding hydrogens is 403 g/mol. The Kier molecular flexibility index (Phi) is 5.64. The summed E-state index contributed by atoms with van der Waals surface area (Å²) in [6.07, 6.45) is 1.54. The Morgan fingerprint density at radius 1 is 1.39 bits per heavy atom. The molecule has 8 heteroatoms. The van der Waals surface area contributed by atoms with Crippen LogP contribution in [0.3, 0.4) is 0 Å². The second-order valence-corrected chi connectivity index (χ2v) is 11.0. The molecule has 0 spiro atoms. The number of aromatic nitrogens is 2. The predicted molar refractivity (Wildman–Crippen MR) is 107 cm³/mol. The predicted octanol–water partition coefficient (Wildman–Crippen LogP) is 4.70. The zero-order valence-electron chi connectivity index (χ0n) is 16.7. The van der Waals surface area contributed by atoms with Gasteiger partial charge in [0.05, 0.1) is 17.3 Å². The van der Waals surface area contributed by atoms with Crippen molar-refractivity contribution in [2.75, 3.05) is 12.9 Å². The van der Waals surface area contributed by atoms with Gasteiger partial charge in [-0.1, -0.05) is 38.4 Å². The summed E-state index contributed by atoms with van der Waals surface area (Å²) in [6.45, 7) is 8.79. The highest BCUT2D eigenvalue weighted by Crippen LogP contribution is 2.51. The molecule has 28 heavy (non-hydrogen) atoms. The van der Waals surface area contributed by atoms with Crippen LogP contribution in [-0.2, 0) is 14.6 Å². The van der Waals surface area contributed by atoms with Crippen molar-refractivity contribution in [1.82, 2.24) is 9.97 Å². The smallest absolute Gasteiger partial charge is 0.194 e. The molecule has 3 atom stereocenters. The maximum Gasteiger partial charge on any atom is 0.194 e. The van der Waals surface area contributed by atoms with Crippen LogP contribution in [0.2, 0.25) is 5.02 Å². The number of nitrogens with zero attached hydrogens (tertiary/aromatic N) is 1. The third-order valence-corrected chi connectivity index (χ3v) is 6.61. The van der Waals surface area contributed by atoms with Crippen molar-refractivity contribution in [3.05, 3.63) is 46.1 Å². The van der Waals surface area contributed by atoms with E-state index < -0.39 is 21.8 Å². The minimum Gasteiger partial charge on any atom is -0.365 e. The molecule has 0 radical (unpaired) electrons. The van der Waals surface area contributed by atoms with Crippen LogP contribution in [0.5, 0.6) is 0 Å². The Hall–Kier alpha value is -1.44. The van der Waals surface area contributed by atoms with Gasteiger partial charge in [0.15, 0.2) is 14.9 Å². The molecule has 0 saturated heterocycles. The molecule has 1 aromatic carbocycles. The van der Waals surface area contributed by atoms with E-state index >= 15 is 0 Å². The highest BCUT2D eigenvalue weighted by Gasteiger charge is 2.45. The van der Waals surface area contributed by atoms with Crippen LogP contribution >= 0.6 is 11.6 Å². The number of H-pyrrole nitrogens is 1. The zero-order valence-corrected chi connectivity index (χ0v) is 18.3. The Morgan fingerprint density at radius 2 is 2.07 bits per heavy atom. The van der Waals surface area contributed by atoms with Gasteiger partial charge in [0.1, 0.15) is 17.7 Å². The van der Waals surface area contributed by atoms with Gasteiger partial charge in [-0.2, -0.15) is 0 Å². The van der Waals surface area contributed by atoms with E-state index in [1.807, 2.05) is 0 Å². The van der Waals surface area contributed by atoms with E-state index in [1.54, 1.807) is 13.0 Å². The molecule has 0 aliphatic heterocycles. The molecule has 1 fully saturated rings. The van der Waals surface area contributed by atoms with E-state index in [0.29, 0.717) is 35.5 Å². The fourth-order valence-corrected chi connectivity index (χ4v) is 4.73. The molecule has 154 valence electrons. The number of hydrogen-bond donors (Lipinski definition) is 1. The maximum absolute atomic E-state index is 13.6. The van der Waals surface area contributed by atoms with Crippen LogP contribution < -0.4 is 0 Å². The van der Waals surface area contributed by atoms with Crippen LogP contribution in [0.1, 0.15) is 50.4 Å². The summed E-state index contributed by atoms with van der Waals surface area (Å²) in [5.41, 5.74) is 1.28. The van der Waals surface area contributed by atoms with Crippen LogP contribution in [-0.4, -0.2) is 31.2 Å². The number of rotatable bonds is 6. The van der Waals surface area contributed by atoms with E-state index in [1.165, 1.54) is 12.1 Å². The number of aromatic amines is 1. The summed E-state index contributed by atoms with van der Waals surface area (Å²) in [6, 6.07) is 4.35. The van der Waals surface area contributed by atoms with Gasteiger partial charge in [-0.25, -0.2) is 17.8 Å². The van der Waals surface area contributed by atoms with Crippen LogP contribution in [0.4, 0.5) is 4.39 Å². The summed E-state index contributed by atoms with van der Waals surface area (Å²) in [4.78, 5) is 7.29. The second kappa shape index (κ2) is 7.43. The Balaban J connectivity index is 1.90. The van der Waals surface area contributed by atoms with Gasteiger partial charge in [0, 0.05) is 6.26 Å². The minimum atomic E-state index is -3.47. The average molecular weight is 429 g/mol. The summed E-state index contributed by atoms with van der Waals surface area (Å²) in [5.74, 6) is 0.860. The lowest BCUT2D eigenvalue weighted by molar-refractivity contribution is 0.0598. The van der Waals surface area contributed by atoms with Crippen molar-refractivity contribution in [3.63, 3.8) is 0 Å². The zero-order chi connectivity index (χ0) is 20.9. The Labute approximate surface area is 170 Å². The first-order chi connectivity index (χ1) is 12.9. The van der Waals surface area contributed by atoms with Crippen molar-refractivity contribution in [3.8, 4) is 0 Å². The van der Waals surface area contributed by atoms with Crippen molar-refractivity contribution in [1.29, 1.82) is 0 Å². The molecular formula is C20H26ClFN2O3S. The number of nitrogens with one attached hydrogen (secondary N) is 1. The van der Waals surface area contributed by atoms with Crippen molar-refractivity contribution in [2.45, 2.75) is 45.2 Å². The van der Waals surface area contributed by atoms with Gasteiger partial charge in [0.25, 0.3) is 0 Å². The fraction of sp³-hybridized carbons (Fsp3) is 0.550. The van der Waals surface area contributed by atoms with Crippen LogP contribution in [0.25, 0.3) is 0 Å². The summed E-state index contributed by atoms with van der Waals surface area (Å²) in [5, 5.41) is -0.0278. The van der Waals surface area contributed by atoms with Gasteiger partial charge in [-0.15, -0.1) is 0 Å². The normalized spacial score (nSPS) is 21.0. The molecule has 1 heterocycles. The molecule has 0 amide bonds. The van der Waals surface area contributed by atoms with E-state index in [0.717, 1.165) is 12.7 Å². The third-order valence-electron chi connectivity index (χ3n) is 5.22. The third kappa shape index (κ3) is 4.58. The van der Waals surface area contributed by atoms with Crippen molar-refractivity contribution < 1.29 is 17.5 Å². The van der Waals surface area contributed by atoms with E-state index in [-0.39, 0.29) is 15.5 Å².